The molecule has 1 nitrogen and oxygen atoms in total. The van der Waals surface area contributed by atoms with E-state index < -0.39 is 0 Å². The Kier molecular flexibility index (Phi) is 3.55. The summed E-state index contributed by atoms with van der Waals surface area (Å²) >= 11 is 0. The van der Waals surface area contributed by atoms with Crippen LogP contribution in [0.4, 0.5) is 0 Å². The first-order valence-electron chi connectivity index (χ1n) is 8.14. The number of allylic oxidation sites excluding steroid dienone is 1. The highest BCUT2D eigenvalue weighted by Crippen LogP contribution is 2.32. The quantitative estimate of drug-likeness (QED) is 0.626. The third kappa shape index (κ3) is 2.59. The fraction of sp³-hybridized carbons (Fsp3) is 0.136. The SMILES string of the molecule is O=C1C(CCCc2ccccc2)=Cc2cccc3cccc1c23. The Bertz CT molecular complexity index is 898. The number of carbonyl (C=O) groups excluding carboxylic acids is 1. The minimum atomic E-state index is 0.197. The Balaban J connectivity index is 1.59. The lowest BCUT2D eigenvalue weighted by Crippen LogP contribution is -2.09. The number of ketones is 1. The third-order valence-corrected chi connectivity index (χ3v) is 4.56. The van der Waals surface area contributed by atoms with Gasteiger partial charge in [0, 0.05) is 16.5 Å². The first kappa shape index (κ1) is 14.0. The van der Waals surface area contributed by atoms with E-state index in [4.69, 9.17) is 0 Å². The molecule has 0 spiro atoms. The zero-order valence-corrected chi connectivity index (χ0v) is 13.0. The standard InChI is InChI=1S/C22H18O/c23-22-19(13-4-9-16-7-2-1-3-8-16)15-18-12-5-10-17-11-6-14-20(22)21(17)18/h1-3,5-8,10-12,14-15H,4,9,13H2. The van der Waals surface area contributed by atoms with Gasteiger partial charge in [0.15, 0.2) is 5.78 Å². The second-order valence-corrected chi connectivity index (χ2v) is 6.09. The van der Waals surface area contributed by atoms with Crippen LogP contribution in [0.15, 0.2) is 72.3 Å². The summed E-state index contributed by atoms with van der Waals surface area (Å²) in [6, 6.07) is 22.7. The molecule has 3 aromatic carbocycles. The molecule has 0 saturated heterocycles. The number of hydrogen-bond donors (Lipinski definition) is 0. The van der Waals surface area contributed by atoms with Gasteiger partial charge in [0.25, 0.3) is 0 Å². The molecule has 0 unspecified atom stereocenters. The predicted molar refractivity (Wildman–Crippen MR) is 95.6 cm³/mol. The Morgan fingerprint density at radius 2 is 1.52 bits per heavy atom. The average Bonchev–Trinajstić information content (AvgIpc) is 2.60. The highest BCUT2D eigenvalue weighted by atomic mass is 16.1. The molecular weight excluding hydrogens is 280 g/mol. The summed E-state index contributed by atoms with van der Waals surface area (Å²) in [7, 11) is 0. The average molecular weight is 298 g/mol. The molecular formula is C22H18O. The molecule has 112 valence electrons. The first-order chi connectivity index (χ1) is 11.3. The Hall–Kier alpha value is -2.67. The fourth-order valence-electron chi connectivity index (χ4n) is 3.42. The van der Waals surface area contributed by atoms with Gasteiger partial charge in [-0.1, -0.05) is 66.7 Å². The van der Waals surface area contributed by atoms with Gasteiger partial charge in [0.1, 0.15) is 0 Å². The van der Waals surface area contributed by atoms with Crippen LogP contribution in [0.1, 0.15) is 34.3 Å². The van der Waals surface area contributed by atoms with E-state index >= 15 is 0 Å². The van der Waals surface area contributed by atoms with Crippen LogP contribution in [-0.4, -0.2) is 5.78 Å². The summed E-state index contributed by atoms with van der Waals surface area (Å²) in [6.07, 6.45) is 4.93. The zero-order chi connectivity index (χ0) is 15.6. The fourth-order valence-corrected chi connectivity index (χ4v) is 3.42. The molecule has 1 aliphatic rings. The van der Waals surface area contributed by atoms with E-state index in [1.54, 1.807) is 0 Å². The van der Waals surface area contributed by atoms with Gasteiger partial charge >= 0.3 is 0 Å². The lowest BCUT2D eigenvalue weighted by Gasteiger charge is -2.17. The van der Waals surface area contributed by atoms with Crippen LogP contribution in [0.25, 0.3) is 16.8 Å². The number of hydrogen-bond acceptors (Lipinski definition) is 1. The van der Waals surface area contributed by atoms with Crippen molar-refractivity contribution in [3.05, 3.63) is 89.0 Å². The van der Waals surface area contributed by atoms with Gasteiger partial charge in [0.2, 0.25) is 0 Å². The highest BCUT2D eigenvalue weighted by Gasteiger charge is 2.20. The molecule has 1 aliphatic carbocycles. The van der Waals surface area contributed by atoms with Crippen molar-refractivity contribution in [2.75, 3.05) is 0 Å². The van der Waals surface area contributed by atoms with Crippen molar-refractivity contribution in [2.24, 2.45) is 0 Å². The Labute approximate surface area is 136 Å². The van der Waals surface area contributed by atoms with E-state index in [9.17, 15) is 4.79 Å². The van der Waals surface area contributed by atoms with Crippen molar-refractivity contribution in [3.8, 4) is 0 Å². The molecule has 0 N–H and O–H groups in total. The first-order valence-corrected chi connectivity index (χ1v) is 8.14. The van der Waals surface area contributed by atoms with E-state index in [0.29, 0.717) is 0 Å². The van der Waals surface area contributed by atoms with Gasteiger partial charge in [-0.2, -0.15) is 0 Å². The molecule has 4 rings (SSSR count). The Morgan fingerprint density at radius 1 is 0.739 bits per heavy atom. The minimum absolute atomic E-state index is 0.197. The van der Waals surface area contributed by atoms with Gasteiger partial charge in [0.05, 0.1) is 0 Å². The second kappa shape index (κ2) is 5.85. The lowest BCUT2D eigenvalue weighted by molar-refractivity contribution is 0.103. The maximum atomic E-state index is 12.8. The monoisotopic (exact) mass is 298 g/mol. The molecule has 0 fully saturated rings. The predicted octanol–water partition coefficient (Wildman–Crippen LogP) is 5.44. The smallest absolute Gasteiger partial charge is 0.189 e. The van der Waals surface area contributed by atoms with E-state index in [-0.39, 0.29) is 5.78 Å². The molecule has 0 radical (unpaired) electrons. The highest BCUT2D eigenvalue weighted by molar-refractivity contribution is 6.22. The molecule has 23 heavy (non-hydrogen) atoms. The molecule has 0 aromatic heterocycles. The van der Waals surface area contributed by atoms with Crippen LogP contribution in [-0.2, 0) is 6.42 Å². The van der Waals surface area contributed by atoms with Crippen molar-refractivity contribution >= 4 is 22.6 Å². The normalized spacial score (nSPS) is 13.2. The number of aryl methyl sites for hydroxylation is 1. The summed E-state index contributed by atoms with van der Waals surface area (Å²) in [5.74, 6) is 0.197. The number of benzene rings is 3. The van der Waals surface area contributed by atoms with Crippen molar-refractivity contribution < 1.29 is 4.79 Å². The molecule has 0 saturated carbocycles. The molecule has 3 aromatic rings. The van der Waals surface area contributed by atoms with Crippen molar-refractivity contribution in [2.45, 2.75) is 19.3 Å². The number of rotatable bonds is 4. The van der Waals surface area contributed by atoms with Crippen molar-refractivity contribution in [1.82, 2.24) is 0 Å². The largest absolute Gasteiger partial charge is 0.289 e. The van der Waals surface area contributed by atoms with Crippen molar-refractivity contribution in [1.29, 1.82) is 0 Å². The van der Waals surface area contributed by atoms with Crippen LogP contribution in [0.2, 0.25) is 0 Å². The zero-order valence-electron chi connectivity index (χ0n) is 13.0. The third-order valence-electron chi connectivity index (χ3n) is 4.56. The molecule has 0 aliphatic heterocycles. The summed E-state index contributed by atoms with van der Waals surface area (Å²) in [6.45, 7) is 0. The van der Waals surface area contributed by atoms with E-state index in [1.165, 1.54) is 11.1 Å². The number of carbonyl (C=O) groups is 1. The lowest BCUT2D eigenvalue weighted by atomic mass is 9.86. The Morgan fingerprint density at radius 3 is 2.35 bits per heavy atom. The van der Waals surface area contributed by atoms with Gasteiger partial charge < -0.3 is 0 Å². The number of Topliss-reactive ketones (excluding diaryl/α,β-unsaturated/α-hetero) is 1. The molecule has 0 bridgehead atoms. The second-order valence-electron chi connectivity index (χ2n) is 6.09. The van der Waals surface area contributed by atoms with Gasteiger partial charge in [-0.05, 0) is 41.9 Å². The minimum Gasteiger partial charge on any atom is -0.289 e. The molecule has 0 amide bonds. The summed E-state index contributed by atoms with van der Waals surface area (Å²) in [5, 5.41) is 2.25. The van der Waals surface area contributed by atoms with Crippen LogP contribution >= 0.6 is 0 Å². The summed E-state index contributed by atoms with van der Waals surface area (Å²) in [5.41, 5.74) is 4.30. The van der Waals surface area contributed by atoms with Gasteiger partial charge in [-0.15, -0.1) is 0 Å². The van der Waals surface area contributed by atoms with E-state index in [1.807, 2.05) is 18.2 Å². The molecule has 1 heteroatoms. The molecule has 0 heterocycles. The van der Waals surface area contributed by atoms with Crippen molar-refractivity contribution in [3.63, 3.8) is 0 Å². The summed E-state index contributed by atoms with van der Waals surface area (Å²) in [4.78, 5) is 12.8. The van der Waals surface area contributed by atoms with Gasteiger partial charge in [-0.3, -0.25) is 4.79 Å². The van der Waals surface area contributed by atoms with Crippen LogP contribution in [0.5, 0.6) is 0 Å². The summed E-state index contributed by atoms with van der Waals surface area (Å²) < 4.78 is 0. The topological polar surface area (TPSA) is 17.1 Å². The van der Waals surface area contributed by atoms with E-state index in [2.05, 4.69) is 54.6 Å². The molecule has 0 atom stereocenters. The maximum Gasteiger partial charge on any atom is 0.189 e. The van der Waals surface area contributed by atoms with Gasteiger partial charge in [-0.25, -0.2) is 0 Å². The van der Waals surface area contributed by atoms with Crippen LogP contribution in [0, 0.1) is 0 Å². The maximum absolute atomic E-state index is 12.8. The van der Waals surface area contributed by atoms with Crippen LogP contribution < -0.4 is 0 Å². The van der Waals surface area contributed by atoms with E-state index in [0.717, 1.165) is 41.2 Å². The van der Waals surface area contributed by atoms with Crippen LogP contribution in [0.3, 0.4) is 0 Å².